The second kappa shape index (κ2) is 6.66. The summed E-state index contributed by atoms with van der Waals surface area (Å²) in [5.41, 5.74) is 3.86. The summed E-state index contributed by atoms with van der Waals surface area (Å²) >= 11 is 0. The number of tetrazole rings is 1. The number of aryl methyl sites for hydroxylation is 1. The highest BCUT2D eigenvalue weighted by Crippen LogP contribution is 2.44. The van der Waals surface area contributed by atoms with Gasteiger partial charge < -0.3 is 14.8 Å². The van der Waals surface area contributed by atoms with Gasteiger partial charge in [-0.1, -0.05) is 42.5 Å². The molecule has 5 rings (SSSR count). The van der Waals surface area contributed by atoms with Crippen molar-refractivity contribution < 1.29 is 14.8 Å². The van der Waals surface area contributed by atoms with Gasteiger partial charge in [-0.2, -0.15) is 5.21 Å². The molecular formula is C20H22N5O2+. The van der Waals surface area contributed by atoms with E-state index >= 15 is 0 Å². The summed E-state index contributed by atoms with van der Waals surface area (Å²) in [5, 5.41) is 17.5. The van der Waals surface area contributed by atoms with Crippen molar-refractivity contribution in [3.63, 3.8) is 0 Å². The van der Waals surface area contributed by atoms with Gasteiger partial charge in [0.15, 0.2) is 17.3 Å². The van der Waals surface area contributed by atoms with Crippen molar-refractivity contribution in [1.82, 2.24) is 20.6 Å². The lowest BCUT2D eigenvalue weighted by Gasteiger charge is -2.19. The second-order valence-electron chi connectivity index (χ2n) is 7.11. The Morgan fingerprint density at radius 2 is 1.89 bits per heavy atom. The highest BCUT2D eigenvalue weighted by Gasteiger charge is 2.45. The number of rotatable bonds is 4. The summed E-state index contributed by atoms with van der Waals surface area (Å²) in [6.45, 7) is 3.42. The van der Waals surface area contributed by atoms with Crippen LogP contribution < -0.4 is 14.8 Å². The zero-order valence-corrected chi connectivity index (χ0v) is 15.1. The number of H-pyrrole nitrogens is 1. The maximum atomic E-state index is 5.58. The average Bonchev–Trinajstić information content (AvgIpc) is 3.46. The Morgan fingerprint density at radius 1 is 1.07 bits per heavy atom. The lowest BCUT2D eigenvalue weighted by molar-refractivity contribution is -0.678. The number of aromatic amines is 1. The van der Waals surface area contributed by atoms with Crippen molar-refractivity contribution in [1.29, 1.82) is 0 Å². The molecule has 0 amide bonds. The van der Waals surface area contributed by atoms with Gasteiger partial charge in [-0.3, -0.25) is 0 Å². The number of hydrogen-bond acceptors (Lipinski definition) is 5. The van der Waals surface area contributed by atoms with Crippen molar-refractivity contribution in [2.24, 2.45) is 0 Å². The lowest BCUT2D eigenvalue weighted by atomic mass is 9.82. The molecule has 3 heterocycles. The molecule has 2 unspecified atom stereocenters. The first-order valence-corrected chi connectivity index (χ1v) is 9.38. The van der Waals surface area contributed by atoms with Gasteiger partial charge in [0.2, 0.25) is 6.79 Å². The molecule has 3 aromatic rings. The quantitative estimate of drug-likeness (QED) is 0.735. The van der Waals surface area contributed by atoms with Gasteiger partial charge in [-0.15, -0.1) is 10.2 Å². The van der Waals surface area contributed by atoms with E-state index in [9.17, 15) is 0 Å². The number of nitrogens with one attached hydrogen (secondary N) is 1. The molecule has 0 spiro atoms. The number of fused-ring (bicyclic) bond motifs is 1. The van der Waals surface area contributed by atoms with E-state index in [1.54, 1.807) is 0 Å². The number of aromatic nitrogens is 4. The molecular weight excluding hydrogens is 342 g/mol. The van der Waals surface area contributed by atoms with Crippen LogP contribution in [0.4, 0.5) is 0 Å². The Kier molecular flexibility index (Phi) is 4.01. The van der Waals surface area contributed by atoms with Crippen LogP contribution in [0, 0.1) is 0 Å². The van der Waals surface area contributed by atoms with E-state index in [-0.39, 0.29) is 24.7 Å². The molecule has 1 saturated heterocycles. The fourth-order valence-electron chi connectivity index (χ4n) is 4.29. The zero-order valence-electron chi connectivity index (χ0n) is 15.1. The minimum atomic E-state index is 0.136. The maximum Gasteiger partial charge on any atom is 0.231 e. The average molecular weight is 364 g/mol. The van der Waals surface area contributed by atoms with E-state index in [1.807, 2.05) is 6.07 Å². The molecule has 0 radical (unpaired) electrons. The predicted octanol–water partition coefficient (Wildman–Crippen LogP) is 1.68. The Hall–Kier alpha value is -2.93. The summed E-state index contributed by atoms with van der Waals surface area (Å²) in [7, 11) is 0. The molecule has 7 heteroatoms. The molecule has 0 aliphatic carbocycles. The van der Waals surface area contributed by atoms with Crippen LogP contribution in [-0.2, 0) is 6.42 Å². The number of nitrogens with zero attached hydrogens (tertiary/aromatic N) is 3. The standard InChI is InChI=1S/C20H21N5O2/c1-2-12-3-5-13(6-4-12)19-18(20-22-24-25-23-20)15(10-21-19)14-7-8-16-17(9-14)27-11-26-16/h3-9,15,18-19,21H,2,10-11H2,1H3,(H,22,23,24,25)/p+1/t15?,18-,19?/m1/s1. The highest BCUT2D eigenvalue weighted by molar-refractivity contribution is 5.46. The van der Waals surface area contributed by atoms with Crippen molar-refractivity contribution in [2.45, 2.75) is 31.2 Å². The van der Waals surface area contributed by atoms with E-state index in [2.05, 4.69) is 69.3 Å². The molecule has 138 valence electrons. The van der Waals surface area contributed by atoms with Gasteiger partial charge in [0.1, 0.15) is 6.04 Å². The first-order valence-electron chi connectivity index (χ1n) is 9.38. The molecule has 1 aromatic heterocycles. The largest absolute Gasteiger partial charge is 0.454 e. The molecule has 3 atom stereocenters. The van der Waals surface area contributed by atoms with Crippen molar-refractivity contribution in [3.8, 4) is 11.5 Å². The number of ether oxygens (including phenoxy) is 2. The van der Waals surface area contributed by atoms with Crippen molar-refractivity contribution in [2.75, 3.05) is 13.3 Å². The smallest absolute Gasteiger partial charge is 0.231 e. The van der Waals surface area contributed by atoms with Crippen LogP contribution in [0.1, 0.15) is 47.3 Å². The van der Waals surface area contributed by atoms with Crippen LogP contribution in [0.3, 0.4) is 0 Å². The fraction of sp³-hybridized carbons (Fsp3) is 0.350. The minimum absolute atomic E-state index is 0.136. The van der Waals surface area contributed by atoms with Crippen LogP contribution in [-0.4, -0.2) is 34.0 Å². The summed E-state index contributed by atoms with van der Waals surface area (Å²) in [4.78, 5) is 0. The van der Waals surface area contributed by atoms with Gasteiger partial charge >= 0.3 is 0 Å². The first-order chi connectivity index (χ1) is 13.3. The Balaban J connectivity index is 1.52. The Bertz CT molecular complexity index is 926. The van der Waals surface area contributed by atoms with Crippen LogP contribution in [0.15, 0.2) is 42.5 Å². The number of quaternary nitrogens is 1. The lowest BCUT2D eigenvalue weighted by Crippen LogP contribution is -2.82. The van der Waals surface area contributed by atoms with Crippen LogP contribution in [0.25, 0.3) is 0 Å². The first kappa shape index (κ1) is 16.3. The molecule has 2 aromatic carbocycles. The highest BCUT2D eigenvalue weighted by atomic mass is 16.7. The normalized spacial score (nSPS) is 23.7. The topological polar surface area (TPSA) is 89.5 Å². The van der Waals surface area contributed by atoms with Crippen LogP contribution in [0.2, 0.25) is 0 Å². The third-order valence-electron chi connectivity index (χ3n) is 5.72. The summed E-state index contributed by atoms with van der Waals surface area (Å²) in [5.74, 6) is 2.79. The van der Waals surface area contributed by atoms with Gasteiger partial charge in [0, 0.05) is 11.5 Å². The van der Waals surface area contributed by atoms with E-state index in [4.69, 9.17) is 9.47 Å². The molecule has 3 N–H and O–H groups in total. The maximum absolute atomic E-state index is 5.58. The molecule has 2 aliphatic heterocycles. The summed E-state index contributed by atoms with van der Waals surface area (Å²) < 4.78 is 11.0. The Morgan fingerprint density at radius 3 is 2.67 bits per heavy atom. The molecule has 1 fully saturated rings. The van der Waals surface area contributed by atoms with Gasteiger partial charge in [-0.25, -0.2) is 0 Å². The predicted molar refractivity (Wildman–Crippen MR) is 97.6 cm³/mol. The molecule has 0 saturated carbocycles. The monoisotopic (exact) mass is 364 g/mol. The van der Waals surface area contributed by atoms with Crippen LogP contribution >= 0.6 is 0 Å². The molecule has 0 bridgehead atoms. The third-order valence-corrected chi connectivity index (χ3v) is 5.72. The fourth-order valence-corrected chi connectivity index (χ4v) is 4.29. The number of benzene rings is 2. The molecule has 27 heavy (non-hydrogen) atoms. The number of nitrogens with two attached hydrogens (primary N) is 1. The van der Waals surface area contributed by atoms with E-state index in [0.717, 1.165) is 30.3 Å². The van der Waals surface area contributed by atoms with Gasteiger partial charge in [0.05, 0.1) is 12.5 Å². The number of hydrogen-bond donors (Lipinski definition) is 2. The molecule has 7 nitrogen and oxygen atoms in total. The zero-order chi connectivity index (χ0) is 18.2. The van der Waals surface area contributed by atoms with E-state index in [1.165, 1.54) is 16.7 Å². The third kappa shape index (κ3) is 2.84. The van der Waals surface area contributed by atoms with Gasteiger partial charge in [0.25, 0.3) is 0 Å². The SMILES string of the molecule is CCc1ccc(C2[NH2+]CC(c3ccc4c(c3)OCO4)[C@H]2c2nn[nH]n2)cc1. The molecule has 2 aliphatic rings. The van der Waals surface area contributed by atoms with E-state index in [0.29, 0.717) is 0 Å². The Labute approximate surface area is 157 Å². The van der Waals surface area contributed by atoms with Crippen molar-refractivity contribution in [3.05, 3.63) is 65.0 Å². The van der Waals surface area contributed by atoms with Gasteiger partial charge in [-0.05, 0) is 29.7 Å². The minimum Gasteiger partial charge on any atom is -0.454 e. The van der Waals surface area contributed by atoms with Crippen molar-refractivity contribution >= 4 is 0 Å². The second-order valence-corrected chi connectivity index (χ2v) is 7.11. The summed E-state index contributed by atoms with van der Waals surface area (Å²) in [6, 6.07) is 15.4. The van der Waals surface area contributed by atoms with Crippen LogP contribution in [0.5, 0.6) is 11.5 Å². The van der Waals surface area contributed by atoms with E-state index < -0.39 is 0 Å². The summed E-state index contributed by atoms with van der Waals surface area (Å²) in [6.07, 6.45) is 1.04.